The van der Waals surface area contributed by atoms with Crippen molar-refractivity contribution in [2.24, 2.45) is 0 Å². The zero-order valence-corrected chi connectivity index (χ0v) is 73.2. The lowest BCUT2D eigenvalue weighted by molar-refractivity contribution is 0.660. The molecule has 0 spiro atoms. The highest BCUT2D eigenvalue weighted by Gasteiger charge is 2.36. The Bertz CT molecular complexity index is 8080. The Morgan fingerprint density at radius 3 is 1.00 bits per heavy atom. The first-order valence-corrected chi connectivity index (χ1v) is 44.3. The SMILES string of the molecule is CC1(C)c2ccccc2-c2ccc(N(c3cccc(Cl)c3)c3ccc4c(c3)oc3ccccc34)cc21.Clc1cccc(N(c2ccc(-c3ccccc3)cc2)c2cccc3c2oc2ccccc23)c1.Clc1cccc(N(c2ccccc2)c2ccc3c(c2)oc2ccccc23)c1.Clc1cccc(N(c2ccccc2-c2ccccc2)c2cccc3c2oc2ccccc23)c1. The number of halogens is 4. The number of rotatable bonds is 14. The van der Waals surface area contributed by atoms with E-state index in [0.29, 0.717) is 20.1 Å². The molecule has 24 rings (SSSR count). The molecule has 0 saturated heterocycles. The van der Waals surface area contributed by atoms with E-state index in [4.69, 9.17) is 64.1 Å². The van der Waals surface area contributed by atoms with Gasteiger partial charge < -0.3 is 37.3 Å². The molecule has 0 bridgehead atoms. The van der Waals surface area contributed by atoms with Gasteiger partial charge in [0.15, 0.2) is 11.2 Å². The molecule has 0 fully saturated rings. The van der Waals surface area contributed by atoms with Gasteiger partial charge in [-0.15, -0.1) is 0 Å². The summed E-state index contributed by atoms with van der Waals surface area (Å²) in [6, 6.07) is 153. The first-order valence-electron chi connectivity index (χ1n) is 42.8. The Kier molecular flexibility index (Phi) is 21.9. The second-order valence-electron chi connectivity index (χ2n) is 32.4. The Hall–Kier alpha value is -15.3. The average molecular weight is 1750 g/mol. The molecule has 0 N–H and O–H groups in total. The molecule has 0 unspecified atom stereocenters. The molecule has 0 atom stereocenters. The van der Waals surface area contributed by atoms with Crippen LogP contribution in [0, 0.1) is 0 Å². The molecule has 620 valence electrons. The van der Waals surface area contributed by atoms with Crippen LogP contribution in [0.1, 0.15) is 25.0 Å². The van der Waals surface area contributed by atoms with Crippen LogP contribution in [0.15, 0.2) is 467 Å². The second kappa shape index (κ2) is 34.9. The van der Waals surface area contributed by atoms with Gasteiger partial charge in [0.05, 0.1) is 17.1 Å². The van der Waals surface area contributed by atoms with E-state index in [1.165, 1.54) is 33.4 Å². The highest BCUT2D eigenvalue weighted by Crippen LogP contribution is 2.53. The summed E-state index contributed by atoms with van der Waals surface area (Å²) in [6.07, 6.45) is 0. The molecule has 0 saturated carbocycles. The van der Waals surface area contributed by atoms with E-state index >= 15 is 0 Å². The van der Waals surface area contributed by atoms with Crippen molar-refractivity contribution in [3.8, 4) is 33.4 Å². The van der Waals surface area contributed by atoms with E-state index in [2.05, 4.69) is 306 Å². The van der Waals surface area contributed by atoms with Crippen LogP contribution in [0.25, 0.3) is 121 Å². The fourth-order valence-corrected chi connectivity index (χ4v) is 18.8. The molecule has 0 radical (unpaired) electrons. The highest BCUT2D eigenvalue weighted by atomic mass is 35.5. The van der Waals surface area contributed by atoms with Crippen LogP contribution < -0.4 is 19.6 Å². The fraction of sp³-hybridized carbons (Fsp3) is 0.0256. The topological polar surface area (TPSA) is 65.5 Å². The predicted octanol–water partition coefficient (Wildman–Crippen LogP) is 36.5. The number of benzene rings is 19. The summed E-state index contributed by atoms with van der Waals surface area (Å²) >= 11 is 25.6. The van der Waals surface area contributed by atoms with Gasteiger partial charge in [0.1, 0.15) is 33.5 Å². The van der Waals surface area contributed by atoms with Crippen LogP contribution in [-0.4, -0.2) is 0 Å². The molecule has 0 amide bonds. The molecule has 19 aromatic carbocycles. The van der Waals surface area contributed by atoms with E-state index in [1.807, 2.05) is 176 Å². The van der Waals surface area contributed by atoms with E-state index in [-0.39, 0.29) is 5.41 Å². The van der Waals surface area contributed by atoms with E-state index < -0.39 is 0 Å². The van der Waals surface area contributed by atoms with Gasteiger partial charge in [-0.05, 0) is 215 Å². The van der Waals surface area contributed by atoms with Crippen LogP contribution in [0.5, 0.6) is 0 Å². The van der Waals surface area contributed by atoms with Gasteiger partial charge in [-0.1, -0.05) is 321 Å². The van der Waals surface area contributed by atoms with Crippen molar-refractivity contribution in [2.45, 2.75) is 19.3 Å². The summed E-state index contributed by atoms with van der Waals surface area (Å²) in [7, 11) is 0. The minimum Gasteiger partial charge on any atom is -0.456 e. The van der Waals surface area contributed by atoms with Crippen molar-refractivity contribution >= 4 is 202 Å². The summed E-state index contributed by atoms with van der Waals surface area (Å²) in [5.74, 6) is 0. The van der Waals surface area contributed by atoms with Crippen LogP contribution in [-0.2, 0) is 5.41 Å². The second-order valence-corrected chi connectivity index (χ2v) is 34.1. The number of para-hydroxylation sites is 8. The Morgan fingerprint density at radius 1 is 0.186 bits per heavy atom. The van der Waals surface area contributed by atoms with Crippen molar-refractivity contribution in [2.75, 3.05) is 19.6 Å². The number of hydrogen-bond acceptors (Lipinski definition) is 8. The third kappa shape index (κ3) is 15.8. The van der Waals surface area contributed by atoms with Gasteiger partial charge in [-0.3, -0.25) is 0 Å². The Morgan fingerprint density at radius 2 is 0.496 bits per heavy atom. The largest absolute Gasteiger partial charge is 0.456 e. The summed E-state index contributed by atoms with van der Waals surface area (Å²) < 4.78 is 25.1. The Labute approximate surface area is 766 Å². The van der Waals surface area contributed by atoms with Crippen LogP contribution in [0.4, 0.5) is 68.2 Å². The standard InChI is InChI=1S/C33H24ClNO.2C30H20ClNO.C24H16ClNO/c1-33(2)29-12-5-3-10-25(29)26-16-14-23(19-30(26)33)35(22-9-7-8-21(34)18-22)24-15-17-28-27-11-4-6-13-31(27)36-32(28)20-24;31-22-12-8-13-23(20-22)32(27-17-6-4-14-24(27)21-10-2-1-3-11-21)28-18-9-16-26-25-15-5-7-19-29(25)33-30(26)28;31-23-10-6-11-25(20-23)32(24-18-16-22(17-19-24)21-8-2-1-3-9-21)28-14-7-13-27-26-12-4-5-15-29(26)33-30(27)28;25-17-7-6-10-19(15-17)26(18-8-2-1-3-9-18)20-13-14-22-21-11-4-5-12-23(21)27-24(22)16-20/h3-20H,1-2H3;2*1-20H;1-16H. The number of furan rings is 4. The molecule has 1 aliphatic rings. The van der Waals surface area contributed by atoms with Crippen molar-refractivity contribution in [3.05, 3.63) is 480 Å². The number of fused-ring (bicyclic) bond motifs is 15. The molecule has 23 aromatic rings. The highest BCUT2D eigenvalue weighted by molar-refractivity contribution is 6.32. The zero-order valence-electron chi connectivity index (χ0n) is 70.2. The Balaban J connectivity index is 0.000000105. The molecule has 129 heavy (non-hydrogen) atoms. The number of hydrogen-bond donors (Lipinski definition) is 0. The maximum Gasteiger partial charge on any atom is 0.159 e. The fourth-order valence-electron chi connectivity index (χ4n) is 18.1. The van der Waals surface area contributed by atoms with Crippen LogP contribution in [0.2, 0.25) is 20.1 Å². The quantitative estimate of drug-likeness (QED) is 0.107. The molecule has 12 heteroatoms. The monoisotopic (exact) mass is 1740 g/mol. The first kappa shape index (κ1) is 80.8. The lowest BCUT2D eigenvalue weighted by Gasteiger charge is -2.28. The molecule has 1 aliphatic carbocycles. The summed E-state index contributed by atoms with van der Waals surface area (Å²) in [4.78, 5) is 8.88. The maximum atomic E-state index is 6.47. The lowest BCUT2D eigenvalue weighted by Crippen LogP contribution is -2.16. The van der Waals surface area contributed by atoms with E-state index in [1.54, 1.807) is 0 Å². The first-order chi connectivity index (χ1) is 63.4. The molecule has 0 aliphatic heterocycles. The van der Waals surface area contributed by atoms with E-state index in [9.17, 15) is 0 Å². The van der Waals surface area contributed by atoms with Crippen molar-refractivity contribution in [1.29, 1.82) is 0 Å². The third-order valence-electron chi connectivity index (χ3n) is 24.1. The number of anilines is 12. The minimum absolute atomic E-state index is 0.0787. The maximum absolute atomic E-state index is 6.47. The minimum atomic E-state index is -0.0787. The van der Waals surface area contributed by atoms with Gasteiger partial charge in [0, 0.05) is 137 Å². The molecule has 4 aromatic heterocycles. The normalized spacial score (nSPS) is 11.9. The molecule has 8 nitrogen and oxygen atoms in total. The summed E-state index contributed by atoms with van der Waals surface area (Å²) in [6.45, 7) is 4.62. The van der Waals surface area contributed by atoms with Gasteiger partial charge in [0.25, 0.3) is 0 Å². The average Bonchev–Trinajstić information content (AvgIpc) is 1.57. The van der Waals surface area contributed by atoms with Crippen molar-refractivity contribution < 1.29 is 17.7 Å². The lowest BCUT2D eigenvalue weighted by atomic mass is 9.82. The molecular weight excluding hydrogens is 1670 g/mol. The summed E-state index contributed by atoms with van der Waals surface area (Å²) in [5.41, 5.74) is 29.1. The smallest absolute Gasteiger partial charge is 0.159 e. The molecule has 4 heterocycles. The van der Waals surface area contributed by atoms with Gasteiger partial charge in [-0.2, -0.15) is 0 Å². The van der Waals surface area contributed by atoms with Crippen molar-refractivity contribution in [1.82, 2.24) is 0 Å². The van der Waals surface area contributed by atoms with Crippen LogP contribution in [0.3, 0.4) is 0 Å². The van der Waals surface area contributed by atoms with Crippen molar-refractivity contribution in [3.63, 3.8) is 0 Å². The third-order valence-corrected chi connectivity index (χ3v) is 25.0. The van der Waals surface area contributed by atoms with Gasteiger partial charge >= 0.3 is 0 Å². The number of nitrogens with zero attached hydrogens (tertiary/aromatic N) is 4. The van der Waals surface area contributed by atoms with Gasteiger partial charge in [-0.25, -0.2) is 0 Å². The van der Waals surface area contributed by atoms with Crippen LogP contribution >= 0.6 is 46.4 Å². The van der Waals surface area contributed by atoms with Gasteiger partial charge in [0.2, 0.25) is 0 Å². The predicted molar refractivity (Wildman–Crippen MR) is 542 cm³/mol. The molecular formula is C117H80Cl4N4O4. The summed E-state index contributed by atoms with van der Waals surface area (Å²) in [5, 5.41) is 11.7. The van der Waals surface area contributed by atoms with E-state index in [0.717, 1.165) is 167 Å². The zero-order chi connectivity index (χ0) is 87.1.